The quantitative estimate of drug-likeness (QED) is 0.0451. The number of aliphatic hydroxyl groups excluding tert-OH is 2. The summed E-state index contributed by atoms with van der Waals surface area (Å²) in [7, 11) is 0. The molecule has 3 N–H and O–H groups in total. The molecule has 48 heavy (non-hydrogen) atoms. The molecule has 0 saturated carbocycles. The molecule has 0 radical (unpaired) electrons. The van der Waals surface area contributed by atoms with E-state index in [2.05, 4.69) is 43.5 Å². The van der Waals surface area contributed by atoms with Crippen LogP contribution in [0.3, 0.4) is 0 Å². The van der Waals surface area contributed by atoms with Gasteiger partial charge in [-0.3, -0.25) is 4.79 Å². The Labute approximate surface area is 300 Å². The third kappa shape index (κ3) is 35.9. The average Bonchev–Trinajstić information content (AvgIpc) is 3.09. The van der Waals surface area contributed by atoms with E-state index in [4.69, 9.17) is 0 Å². The van der Waals surface area contributed by atoms with E-state index < -0.39 is 12.1 Å². The second-order valence-electron chi connectivity index (χ2n) is 14.4. The standard InChI is InChI=1S/C44H83NO3/c1-3-5-7-9-11-13-15-17-18-19-20-21-22-23-24-25-26-27-28-29-31-33-35-37-39-43(47)42(41-46)45-44(48)40-38-36-34-32-30-16-14-12-10-8-6-4-2/h25-26,29,31,37,39,42-43,46-47H,3-24,27-28,30,32-36,38,40-41H2,1-2H3,(H,45,48)/b26-25+,31-29+,39-37+. The number of nitrogens with one attached hydrogen (secondary N) is 1. The molecule has 0 aliphatic carbocycles. The van der Waals surface area contributed by atoms with Gasteiger partial charge in [-0.15, -0.1) is 0 Å². The summed E-state index contributed by atoms with van der Waals surface area (Å²) in [4.78, 5) is 12.3. The molecule has 0 aromatic carbocycles. The van der Waals surface area contributed by atoms with E-state index in [1.165, 1.54) is 161 Å². The van der Waals surface area contributed by atoms with Gasteiger partial charge in [-0.25, -0.2) is 0 Å². The van der Waals surface area contributed by atoms with Crippen molar-refractivity contribution in [1.82, 2.24) is 5.32 Å². The Bertz CT molecular complexity index is 731. The lowest BCUT2D eigenvalue weighted by atomic mass is 10.0. The molecule has 4 heteroatoms. The fraction of sp³-hybridized carbons (Fsp3) is 0.841. The second-order valence-corrected chi connectivity index (χ2v) is 14.4. The smallest absolute Gasteiger partial charge is 0.220 e. The number of unbranched alkanes of at least 4 members (excludes halogenated alkanes) is 27. The number of carbonyl (C=O) groups is 1. The molecule has 0 heterocycles. The molecule has 0 bridgehead atoms. The van der Waals surface area contributed by atoms with E-state index in [9.17, 15) is 15.0 Å². The molecule has 1 amide bonds. The maximum atomic E-state index is 12.3. The summed E-state index contributed by atoms with van der Waals surface area (Å²) in [5, 5.41) is 22.9. The first-order chi connectivity index (χ1) is 23.7. The van der Waals surface area contributed by atoms with Crippen LogP contribution in [-0.2, 0) is 4.79 Å². The molecule has 282 valence electrons. The molecular formula is C44H83NO3. The Morgan fingerprint density at radius 2 is 0.812 bits per heavy atom. The third-order valence-electron chi connectivity index (χ3n) is 9.60. The molecule has 0 aliphatic heterocycles. The van der Waals surface area contributed by atoms with Crippen LogP contribution < -0.4 is 5.32 Å². The summed E-state index contributed by atoms with van der Waals surface area (Å²) in [6, 6.07) is -0.641. The molecular weight excluding hydrogens is 590 g/mol. The maximum absolute atomic E-state index is 12.3. The van der Waals surface area contributed by atoms with Crippen LogP contribution in [0.2, 0.25) is 0 Å². The van der Waals surface area contributed by atoms with Crippen LogP contribution in [-0.4, -0.2) is 34.9 Å². The Kier molecular flexibility index (Phi) is 38.9. The van der Waals surface area contributed by atoms with Crippen molar-refractivity contribution < 1.29 is 15.0 Å². The van der Waals surface area contributed by atoms with E-state index in [1.807, 2.05) is 6.08 Å². The lowest BCUT2D eigenvalue weighted by Crippen LogP contribution is -2.45. The molecule has 0 aromatic heterocycles. The van der Waals surface area contributed by atoms with E-state index in [0.717, 1.165) is 38.5 Å². The van der Waals surface area contributed by atoms with Gasteiger partial charge in [0, 0.05) is 6.42 Å². The first kappa shape index (κ1) is 46.6. The van der Waals surface area contributed by atoms with Crippen LogP contribution in [0.15, 0.2) is 36.5 Å². The lowest BCUT2D eigenvalue weighted by molar-refractivity contribution is -0.123. The van der Waals surface area contributed by atoms with Crippen molar-refractivity contribution in [3.8, 4) is 0 Å². The first-order valence-electron chi connectivity index (χ1n) is 21.2. The van der Waals surface area contributed by atoms with Crippen molar-refractivity contribution in [3.63, 3.8) is 0 Å². The molecule has 0 aliphatic rings. The number of amides is 1. The van der Waals surface area contributed by atoms with Crippen LogP contribution >= 0.6 is 0 Å². The van der Waals surface area contributed by atoms with E-state index in [1.54, 1.807) is 6.08 Å². The molecule has 4 nitrogen and oxygen atoms in total. The van der Waals surface area contributed by atoms with E-state index in [0.29, 0.717) is 6.42 Å². The number of rotatable bonds is 38. The average molecular weight is 674 g/mol. The van der Waals surface area contributed by atoms with Crippen molar-refractivity contribution >= 4 is 5.91 Å². The van der Waals surface area contributed by atoms with Crippen molar-refractivity contribution in [2.24, 2.45) is 0 Å². The Balaban J connectivity index is 3.62. The molecule has 0 rings (SSSR count). The van der Waals surface area contributed by atoms with Gasteiger partial charge in [-0.1, -0.05) is 204 Å². The minimum atomic E-state index is -0.866. The second kappa shape index (κ2) is 40.0. The van der Waals surface area contributed by atoms with Crippen LogP contribution in [0, 0.1) is 0 Å². The zero-order valence-electron chi connectivity index (χ0n) is 32.3. The number of allylic oxidation sites excluding steroid dienone is 5. The van der Waals surface area contributed by atoms with Gasteiger partial charge < -0.3 is 15.5 Å². The van der Waals surface area contributed by atoms with Gasteiger partial charge in [0.2, 0.25) is 5.91 Å². The normalized spacial score (nSPS) is 13.3. The highest BCUT2D eigenvalue weighted by Gasteiger charge is 2.17. The van der Waals surface area contributed by atoms with Gasteiger partial charge in [-0.2, -0.15) is 0 Å². The van der Waals surface area contributed by atoms with E-state index >= 15 is 0 Å². The Hall–Kier alpha value is -1.39. The lowest BCUT2D eigenvalue weighted by Gasteiger charge is -2.19. The Morgan fingerprint density at radius 1 is 0.479 bits per heavy atom. The molecule has 0 aromatic rings. The highest BCUT2D eigenvalue weighted by molar-refractivity contribution is 5.76. The summed E-state index contributed by atoms with van der Waals surface area (Å²) >= 11 is 0. The number of hydrogen-bond acceptors (Lipinski definition) is 3. The fourth-order valence-corrected chi connectivity index (χ4v) is 6.33. The van der Waals surface area contributed by atoms with Gasteiger partial charge >= 0.3 is 0 Å². The summed E-state index contributed by atoms with van der Waals surface area (Å²) in [6.07, 6.45) is 52.5. The molecule has 2 unspecified atom stereocenters. The fourth-order valence-electron chi connectivity index (χ4n) is 6.33. The third-order valence-corrected chi connectivity index (χ3v) is 9.60. The SMILES string of the molecule is CCCCCCCCCCCCCCCC/C=C/CC/C=C/CC/C=C/C(O)C(CO)NC(=O)CCCCCCCCCCCCCC. The van der Waals surface area contributed by atoms with Crippen LogP contribution in [0.4, 0.5) is 0 Å². The largest absolute Gasteiger partial charge is 0.394 e. The van der Waals surface area contributed by atoms with Crippen molar-refractivity contribution in [2.45, 2.75) is 231 Å². The zero-order valence-corrected chi connectivity index (χ0v) is 32.3. The first-order valence-corrected chi connectivity index (χ1v) is 21.2. The van der Waals surface area contributed by atoms with Gasteiger partial charge in [0.1, 0.15) is 0 Å². The van der Waals surface area contributed by atoms with Crippen LogP contribution in [0.1, 0.15) is 219 Å². The highest BCUT2D eigenvalue weighted by Crippen LogP contribution is 2.15. The predicted molar refractivity (Wildman–Crippen MR) is 212 cm³/mol. The summed E-state index contributed by atoms with van der Waals surface area (Å²) in [6.45, 7) is 4.29. The van der Waals surface area contributed by atoms with Crippen molar-refractivity contribution in [1.29, 1.82) is 0 Å². The summed E-state index contributed by atoms with van der Waals surface area (Å²) in [5.41, 5.74) is 0. The number of carbonyl (C=O) groups excluding carboxylic acids is 1. The minimum Gasteiger partial charge on any atom is -0.394 e. The van der Waals surface area contributed by atoms with Crippen LogP contribution in [0.25, 0.3) is 0 Å². The predicted octanol–water partition coefficient (Wildman–Crippen LogP) is 13.0. The molecule has 2 atom stereocenters. The minimum absolute atomic E-state index is 0.0786. The number of hydrogen-bond donors (Lipinski definition) is 3. The zero-order chi connectivity index (χ0) is 35.0. The van der Waals surface area contributed by atoms with E-state index in [-0.39, 0.29) is 12.5 Å². The monoisotopic (exact) mass is 674 g/mol. The topological polar surface area (TPSA) is 69.6 Å². The van der Waals surface area contributed by atoms with Crippen LogP contribution in [0.5, 0.6) is 0 Å². The molecule has 0 spiro atoms. The summed E-state index contributed by atoms with van der Waals surface area (Å²) < 4.78 is 0. The molecule has 0 saturated heterocycles. The molecule has 0 fully saturated rings. The van der Waals surface area contributed by atoms with Crippen molar-refractivity contribution in [2.75, 3.05) is 6.61 Å². The van der Waals surface area contributed by atoms with Gasteiger partial charge in [0.05, 0.1) is 18.8 Å². The van der Waals surface area contributed by atoms with Crippen molar-refractivity contribution in [3.05, 3.63) is 36.5 Å². The number of aliphatic hydroxyl groups is 2. The van der Waals surface area contributed by atoms with Gasteiger partial charge in [0.15, 0.2) is 0 Å². The highest BCUT2D eigenvalue weighted by atomic mass is 16.3. The Morgan fingerprint density at radius 3 is 1.21 bits per heavy atom. The summed E-state index contributed by atoms with van der Waals surface area (Å²) in [5.74, 6) is -0.0786. The van der Waals surface area contributed by atoms with Gasteiger partial charge in [0.25, 0.3) is 0 Å². The maximum Gasteiger partial charge on any atom is 0.220 e. The van der Waals surface area contributed by atoms with Gasteiger partial charge in [-0.05, 0) is 44.9 Å².